The Labute approximate surface area is 143 Å². The maximum atomic E-state index is 9.28. The number of pyridine rings is 1. The average Bonchev–Trinajstić information content (AvgIpc) is 2.64. The van der Waals surface area contributed by atoms with E-state index in [0.29, 0.717) is 0 Å². The van der Waals surface area contributed by atoms with Crippen LogP contribution in [0.4, 0.5) is 5.82 Å². The van der Waals surface area contributed by atoms with Crippen LogP contribution in [0.2, 0.25) is 0 Å². The van der Waals surface area contributed by atoms with Gasteiger partial charge in [0.25, 0.3) is 0 Å². The molecule has 5 heteroatoms. The number of aromatic nitrogens is 1. The summed E-state index contributed by atoms with van der Waals surface area (Å²) in [6, 6.07) is 14.0. The molecule has 3 rings (SSSR count). The first-order chi connectivity index (χ1) is 11.8. The van der Waals surface area contributed by atoms with Crippen molar-refractivity contribution in [1.29, 1.82) is 0 Å². The molecule has 0 radical (unpaired) electrons. The molecule has 1 aromatic carbocycles. The van der Waals surface area contributed by atoms with Gasteiger partial charge in [-0.1, -0.05) is 41.6 Å². The Morgan fingerprint density at radius 1 is 1.08 bits per heavy atom. The first-order valence-corrected chi connectivity index (χ1v) is 8.43. The number of benzene rings is 1. The molecule has 5 nitrogen and oxygen atoms in total. The molecular weight excluding hydrogens is 300 g/mol. The summed E-state index contributed by atoms with van der Waals surface area (Å²) in [7, 11) is 0. The van der Waals surface area contributed by atoms with E-state index in [-0.39, 0.29) is 0 Å². The summed E-state index contributed by atoms with van der Waals surface area (Å²) >= 11 is 0. The van der Waals surface area contributed by atoms with Gasteiger partial charge >= 0.3 is 0 Å². The van der Waals surface area contributed by atoms with Crippen LogP contribution < -0.4 is 4.90 Å². The van der Waals surface area contributed by atoms with E-state index in [1.807, 2.05) is 42.6 Å². The lowest BCUT2D eigenvalue weighted by Gasteiger charge is -2.36. The van der Waals surface area contributed by atoms with Crippen LogP contribution >= 0.6 is 0 Å². The lowest BCUT2D eigenvalue weighted by molar-refractivity contribution is 0.262. The molecule has 1 fully saturated rings. The van der Waals surface area contributed by atoms with Gasteiger partial charge in [-0.25, -0.2) is 4.98 Å². The van der Waals surface area contributed by atoms with Crippen molar-refractivity contribution in [3.63, 3.8) is 0 Å². The zero-order valence-electron chi connectivity index (χ0n) is 14.1. The molecule has 1 aliphatic heterocycles. The maximum absolute atomic E-state index is 9.28. The summed E-state index contributed by atoms with van der Waals surface area (Å²) in [5.41, 5.74) is 2.96. The molecule has 0 bridgehead atoms. The fraction of sp³-hybridized carbons (Fsp3) is 0.368. The van der Waals surface area contributed by atoms with E-state index in [2.05, 4.69) is 32.9 Å². The van der Waals surface area contributed by atoms with Gasteiger partial charge in [0, 0.05) is 45.3 Å². The topological polar surface area (TPSA) is 52.0 Å². The smallest absolute Gasteiger partial charge is 0.131 e. The van der Waals surface area contributed by atoms with Crippen molar-refractivity contribution in [2.24, 2.45) is 5.16 Å². The SMILES string of the molecule is Cc1cccnc1N1CCN(CCC(=NO)c2ccccc2)CC1. The Morgan fingerprint density at radius 3 is 2.50 bits per heavy atom. The van der Waals surface area contributed by atoms with Crippen LogP contribution in [-0.2, 0) is 0 Å². The van der Waals surface area contributed by atoms with E-state index in [1.165, 1.54) is 5.56 Å². The molecule has 2 heterocycles. The van der Waals surface area contributed by atoms with Gasteiger partial charge in [0.1, 0.15) is 5.82 Å². The van der Waals surface area contributed by atoms with E-state index >= 15 is 0 Å². The van der Waals surface area contributed by atoms with Crippen LogP contribution in [0.3, 0.4) is 0 Å². The van der Waals surface area contributed by atoms with Gasteiger partial charge in [-0.3, -0.25) is 4.90 Å². The van der Waals surface area contributed by atoms with Crippen molar-refractivity contribution in [3.8, 4) is 0 Å². The molecule has 2 aromatic rings. The van der Waals surface area contributed by atoms with Crippen molar-refractivity contribution in [3.05, 3.63) is 59.8 Å². The van der Waals surface area contributed by atoms with Gasteiger partial charge < -0.3 is 10.1 Å². The highest BCUT2D eigenvalue weighted by Gasteiger charge is 2.19. The predicted molar refractivity (Wildman–Crippen MR) is 97.0 cm³/mol. The fourth-order valence-electron chi connectivity index (χ4n) is 3.14. The van der Waals surface area contributed by atoms with Crippen molar-refractivity contribution in [1.82, 2.24) is 9.88 Å². The Balaban J connectivity index is 1.52. The average molecular weight is 324 g/mol. The van der Waals surface area contributed by atoms with Crippen molar-refractivity contribution >= 4 is 11.5 Å². The number of oxime groups is 1. The largest absolute Gasteiger partial charge is 0.411 e. The third-order valence-corrected chi connectivity index (χ3v) is 4.55. The molecule has 1 aromatic heterocycles. The molecular formula is C19H24N4O. The van der Waals surface area contributed by atoms with E-state index in [4.69, 9.17) is 0 Å². The van der Waals surface area contributed by atoms with E-state index in [9.17, 15) is 5.21 Å². The molecule has 1 N–H and O–H groups in total. The van der Waals surface area contributed by atoms with Gasteiger partial charge in [0.05, 0.1) is 5.71 Å². The van der Waals surface area contributed by atoms with E-state index in [1.54, 1.807) is 0 Å². The van der Waals surface area contributed by atoms with Gasteiger partial charge in [-0.05, 0) is 24.1 Å². The first kappa shape index (κ1) is 16.5. The van der Waals surface area contributed by atoms with Crippen LogP contribution in [0.5, 0.6) is 0 Å². The minimum atomic E-state index is 0.749. The number of hydrogen-bond donors (Lipinski definition) is 1. The van der Waals surface area contributed by atoms with Gasteiger partial charge in [0.15, 0.2) is 0 Å². The highest BCUT2D eigenvalue weighted by atomic mass is 16.4. The molecule has 0 aliphatic carbocycles. The van der Waals surface area contributed by atoms with Crippen LogP contribution in [0.1, 0.15) is 17.5 Å². The van der Waals surface area contributed by atoms with Crippen LogP contribution in [0.25, 0.3) is 0 Å². The standard InChI is InChI=1S/C19H24N4O/c1-16-6-5-10-20-19(16)23-14-12-22(13-15-23)11-9-18(21-24)17-7-3-2-4-8-17/h2-8,10,24H,9,11-15H2,1H3. The monoisotopic (exact) mass is 324 g/mol. The summed E-state index contributed by atoms with van der Waals surface area (Å²) in [6.45, 7) is 6.98. The summed E-state index contributed by atoms with van der Waals surface area (Å²) in [4.78, 5) is 9.28. The number of rotatable bonds is 5. The number of hydrogen-bond acceptors (Lipinski definition) is 5. The second kappa shape index (κ2) is 7.93. The van der Waals surface area contributed by atoms with Crippen molar-refractivity contribution < 1.29 is 5.21 Å². The van der Waals surface area contributed by atoms with Crippen LogP contribution in [0.15, 0.2) is 53.8 Å². The Hall–Kier alpha value is -2.40. The summed E-state index contributed by atoms with van der Waals surface area (Å²) in [5.74, 6) is 1.10. The first-order valence-electron chi connectivity index (χ1n) is 8.43. The zero-order valence-corrected chi connectivity index (χ0v) is 14.1. The Bertz CT molecular complexity index is 679. The van der Waals surface area contributed by atoms with E-state index < -0.39 is 0 Å². The number of piperazine rings is 1. The lowest BCUT2D eigenvalue weighted by Crippen LogP contribution is -2.47. The third kappa shape index (κ3) is 3.92. The molecule has 1 saturated heterocycles. The maximum Gasteiger partial charge on any atom is 0.131 e. The Kier molecular flexibility index (Phi) is 5.43. The number of nitrogens with zero attached hydrogens (tertiary/aromatic N) is 4. The van der Waals surface area contributed by atoms with Crippen molar-refractivity contribution in [2.75, 3.05) is 37.6 Å². The summed E-state index contributed by atoms with van der Waals surface area (Å²) < 4.78 is 0. The van der Waals surface area contributed by atoms with Gasteiger partial charge in [-0.15, -0.1) is 0 Å². The minimum absolute atomic E-state index is 0.749. The van der Waals surface area contributed by atoms with E-state index in [0.717, 1.165) is 56.2 Å². The number of aryl methyl sites for hydroxylation is 1. The van der Waals surface area contributed by atoms with Crippen LogP contribution in [0, 0.1) is 6.92 Å². The fourth-order valence-corrected chi connectivity index (χ4v) is 3.14. The highest BCUT2D eigenvalue weighted by molar-refractivity contribution is 6.00. The second-order valence-corrected chi connectivity index (χ2v) is 6.14. The molecule has 126 valence electrons. The van der Waals surface area contributed by atoms with Gasteiger partial charge in [0.2, 0.25) is 0 Å². The van der Waals surface area contributed by atoms with Crippen molar-refractivity contribution in [2.45, 2.75) is 13.3 Å². The molecule has 0 amide bonds. The molecule has 0 saturated carbocycles. The van der Waals surface area contributed by atoms with Gasteiger partial charge in [-0.2, -0.15) is 0 Å². The number of anilines is 1. The zero-order chi connectivity index (χ0) is 16.8. The molecule has 0 spiro atoms. The Morgan fingerprint density at radius 2 is 1.83 bits per heavy atom. The molecule has 0 atom stereocenters. The molecule has 0 unspecified atom stereocenters. The predicted octanol–water partition coefficient (Wildman–Crippen LogP) is 2.78. The summed E-state index contributed by atoms with van der Waals surface area (Å²) in [6.07, 6.45) is 2.61. The molecule has 24 heavy (non-hydrogen) atoms. The van der Waals surface area contributed by atoms with Crippen LogP contribution in [-0.4, -0.2) is 53.5 Å². The lowest BCUT2D eigenvalue weighted by atomic mass is 10.1. The second-order valence-electron chi connectivity index (χ2n) is 6.14. The molecule has 1 aliphatic rings. The quantitative estimate of drug-likeness (QED) is 0.522. The normalized spacial score (nSPS) is 16.4. The summed E-state index contributed by atoms with van der Waals surface area (Å²) in [5, 5.41) is 12.8. The third-order valence-electron chi connectivity index (χ3n) is 4.55. The highest BCUT2D eigenvalue weighted by Crippen LogP contribution is 2.18. The minimum Gasteiger partial charge on any atom is -0.411 e.